The minimum absolute atomic E-state index is 0. The minimum Gasteiger partial charge on any atom is -0.367 e. The fourth-order valence-electron chi connectivity index (χ4n) is 2.51. The third kappa shape index (κ3) is 2.94. The van der Waals surface area contributed by atoms with E-state index in [-0.39, 0.29) is 18.3 Å². The average molecular weight is 295 g/mol. The Balaban J connectivity index is 0.00000147. The summed E-state index contributed by atoms with van der Waals surface area (Å²) < 4.78 is 0. The van der Waals surface area contributed by atoms with Crippen LogP contribution in [-0.4, -0.2) is 38.3 Å². The number of carbonyl (C=O) groups excluding carboxylic acids is 1. The molecule has 108 valence electrons. The van der Waals surface area contributed by atoms with Crippen molar-refractivity contribution in [2.45, 2.75) is 12.8 Å². The molecule has 1 amide bonds. The molecule has 0 atom stereocenters. The molecule has 1 N–H and O–H groups in total. The number of benzene rings is 1. The summed E-state index contributed by atoms with van der Waals surface area (Å²) in [6.07, 6.45) is 3.10. The van der Waals surface area contributed by atoms with Gasteiger partial charge in [0, 0.05) is 38.8 Å². The molecule has 1 saturated heterocycles. The first-order valence-electron chi connectivity index (χ1n) is 6.76. The zero-order valence-corrected chi connectivity index (χ0v) is 12.1. The number of carbonyl (C=O) groups is 1. The summed E-state index contributed by atoms with van der Waals surface area (Å²) in [4.78, 5) is 14.3. The van der Waals surface area contributed by atoms with Gasteiger partial charge in [0.05, 0.1) is 11.4 Å². The van der Waals surface area contributed by atoms with Crippen molar-refractivity contribution in [1.82, 2.24) is 5.32 Å². The average Bonchev–Trinajstić information content (AvgIpc) is 2.49. The molecule has 20 heavy (non-hydrogen) atoms. The Morgan fingerprint density at radius 3 is 2.50 bits per heavy atom. The molecule has 1 aromatic carbocycles. The second-order valence-corrected chi connectivity index (χ2v) is 4.77. The number of para-hydroxylation sites is 2. The lowest BCUT2D eigenvalue weighted by atomic mass is 10.2. The number of nitrogens with zero attached hydrogens (tertiary/aromatic N) is 3. The van der Waals surface area contributed by atoms with E-state index in [1.807, 2.05) is 24.4 Å². The highest BCUT2D eigenvalue weighted by Crippen LogP contribution is 2.31. The molecule has 2 heterocycles. The van der Waals surface area contributed by atoms with Gasteiger partial charge < -0.3 is 10.2 Å². The quantitative estimate of drug-likeness (QED) is 0.902. The molecule has 2 aliphatic rings. The number of anilines is 2. The highest BCUT2D eigenvalue weighted by atomic mass is 35.5. The lowest BCUT2D eigenvalue weighted by Crippen LogP contribution is -2.44. The summed E-state index contributed by atoms with van der Waals surface area (Å²) in [5, 5.41) is 9.14. The van der Waals surface area contributed by atoms with E-state index in [0.29, 0.717) is 6.42 Å². The molecule has 0 saturated carbocycles. The zero-order valence-electron chi connectivity index (χ0n) is 11.3. The van der Waals surface area contributed by atoms with Gasteiger partial charge in [-0.15, -0.1) is 12.4 Å². The van der Waals surface area contributed by atoms with Crippen LogP contribution in [0, 0.1) is 0 Å². The number of hydrazone groups is 1. The number of piperazine rings is 1. The monoisotopic (exact) mass is 294 g/mol. The molecule has 2 aliphatic heterocycles. The Labute approximate surface area is 125 Å². The molecule has 0 aliphatic carbocycles. The van der Waals surface area contributed by atoms with Crippen LogP contribution >= 0.6 is 12.4 Å². The van der Waals surface area contributed by atoms with Crippen LogP contribution in [-0.2, 0) is 4.79 Å². The lowest BCUT2D eigenvalue weighted by molar-refractivity contribution is -0.118. The summed E-state index contributed by atoms with van der Waals surface area (Å²) in [6.45, 7) is 3.88. The second kappa shape index (κ2) is 6.72. The third-order valence-corrected chi connectivity index (χ3v) is 3.49. The van der Waals surface area contributed by atoms with Gasteiger partial charge >= 0.3 is 0 Å². The maximum atomic E-state index is 12.0. The van der Waals surface area contributed by atoms with Gasteiger partial charge in [-0.3, -0.25) is 4.79 Å². The van der Waals surface area contributed by atoms with E-state index in [1.54, 1.807) is 5.01 Å². The van der Waals surface area contributed by atoms with E-state index in [2.05, 4.69) is 21.4 Å². The van der Waals surface area contributed by atoms with Crippen LogP contribution in [0.25, 0.3) is 0 Å². The predicted molar refractivity (Wildman–Crippen MR) is 84.0 cm³/mol. The number of amides is 1. The van der Waals surface area contributed by atoms with Crippen molar-refractivity contribution in [3.8, 4) is 0 Å². The van der Waals surface area contributed by atoms with Crippen molar-refractivity contribution in [2.24, 2.45) is 5.10 Å². The maximum Gasteiger partial charge on any atom is 0.247 e. The van der Waals surface area contributed by atoms with Gasteiger partial charge in [0.1, 0.15) is 0 Å². The van der Waals surface area contributed by atoms with Crippen molar-refractivity contribution >= 4 is 35.9 Å². The summed E-state index contributed by atoms with van der Waals surface area (Å²) in [5.41, 5.74) is 1.99. The predicted octanol–water partition coefficient (Wildman–Crippen LogP) is 1.63. The highest BCUT2D eigenvalue weighted by Gasteiger charge is 2.22. The van der Waals surface area contributed by atoms with Crippen LogP contribution in [0.15, 0.2) is 29.4 Å². The first kappa shape index (κ1) is 14.8. The Morgan fingerprint density at radius 2 is 1.80 bits per heavy atom. The molecule has 0 bridgehead atoms. The van der Waals surface area contributed by atoms with E-state index in [9.17, 15) is 4.79 Å². The third-order valence-electron chi connectivity index (χ3n) is 3.49. The SMILES string of the molecule is Cl.O=C1CCC=NN1c1ccccc1N1CCNCC1. The number of rotatable bonds is 2. The Hall–Kier alpha value is -1.59. The van der Waals surface area contributed by atoms with Crippen LogP contribution in [0.5, 0.6) is 0 Å². The van der Waals surface area contributed by atoms with Crippen LogP contribution in [0.4, 0.5) is 11.4 Å². The van der Waals surface area contributed by atoms with Crippen molar-refractivity contribution in [3.05, 3.63) is 24.3 Å². The molecule has 1 aromatic rings. The number of hydrogen-bond donors (Lipinski definition) is 1. The molecular formula is C14H19ClN4O. The van der Waals surface area contributed by atoms with Crippen LogP contribution in [0.1, 0.15) is 12.8 Å². The van der Waals surface area contributed by atoms with Crippen molar-refractivity contribution < 1.29 is 4.79 Å². The molecular weight excluding hydrogens is 276 g/mol. The summed E-state index contributed by atoms with van der Waals surface area (Å²) >= 11 is 0. The largest absolute Gasteiger partial charge is 0.367 e. The van der Waals surface area contributed by atoms with E-state index < -0.39 is 0 Å². The Morgan fingerprint density at radius 1 is 1.10 bits per heavy atom. The molecule has 0 unspecified atom stereocenters. The number of nitrogens with one attached hydrogen (secondary N) is 1. The Kier molecular flexibility index (Phi) is 4.98. The van der Waals surface area contributed by atoms with Gasteiger partial charge in [-0.05, 0) is 18.6 Å². The van der Waals surface area contributed by atoms with Gasteiger partial charge in [-0.2, -0.15) is 10.1 Å². The van der Waals surface area contributed by atoms with Gasteiger partial charge in [-0.1, -0.05) is 12.1 Å². The van der Waals surface area contributed by atoms with Crippen LogP contribution in [0.2, 0.25) is 0 Å². The molecule has 0 radical (unpaired) electrons. The second-order valence-electron chi connectivity index (χ2n) is 4.77. The molecule has 1 fully saturated rings. The van der Waals surface area contributed by atoms with Crippen LogP contribution < -0.4 is 15.2 Å². The molecule has 5 nitrogen and oxygen atoms in total. The standard InChI is InChI=1S/C14H18N4O.ClH/c19-14-6-3-7-16-18(14)13-5-2-1-4-12(13)17-10-8-15-9-11-17;/h1-2,4-5,7,15H,3,6,8-11H2;1H. The first-order chi connectivity index (χ1) is 9.36. The molecule has 3 rings (SSSR count). The first-order valence-corrected chi connectivity index (χ1v) is 6.76. The number of hydrogen-bond acceptors (Lipinski definition) is 4. The van der Waals surface area contributed by atoms with Gasteiger partial charge in [0.15, 0.2) is 0 Å². The highest BCUT2D eigenvalue weighted by molar-refractivity contribution is 5.99. The summed E-state index contributed by atoms with van der Waals surface area (Å²) in [7, 11) is 0. The maximum absolute atomic E-state index is 12.0. The number of halogens is 1. The smallest absolute Gasteiger partial charge is 0.247 e. The van der Waals surface area contributed by atoms with Gasteiger partial charge in [-0.25, -0.2) is 0 Å². The molecule has 0 aromatic heterocycles. The zero-order chi connectivity index (χ0) is 13.1. The van der Waals surface area contributed by atoms with Crippen LogP contribution in [0.3, 0.4) is 0 Å². The lowest BCUT2D eigenvalue weighted by Gasteiger charge is -2.33. The van der Waals surface area contributed by atoms with E-state index >= 15 is 0 Å². The minimum atomic E-state index is 0. The molecule has 0 spiro atoms. The van der Waals surface area contributed by atoms with Gasteiger partial charge in [0.25, 0.3) is 0 Å². The Bertz CT molecular complexity index is 500. The topological polar surface area (TPSA) is 47.9 Å². The fourth-order valence-corrected chi connectivity index (χ4v) is 2.51. The van der Waals surface area contributed by atoms with E-state index in [0.717, 1.165) is 44.0 Å². The van der Waals surface area contributed by atoms with E-state index in [4.69, 9.17) is 0 Å². The fraction of sp³-hybridized carbons (Fsp3) is 0.429. The normalized spacial score (nSPS) is 18.9. The summed E-state index contributed by atoms with van der Waals surface area (Å²) in [6, 6.07) is 8.01. The van der Waals surface area contributed by atoms with Crippen molar-refractivity contribution in [1.29, 1.82) is 0 Å². The van der Waals surface area contributed by atoms with E-state index in [1.165, 1.54) is 0 Å². The summed E-state index contributed by atoms with van der Waals surface area (Å²) in [5.74, 6) is 0.0742. The van der Waals surface area contributed by atoms with Crippen molar-refractivity contribution in [2.75, 3.05) is 36.1 Å². The van der Waals surface area contributed by atoms with Gasteiger partial charge in [0.2, 0.25) is 5.91 Å². The van der Waals surface area contributed by atoms with Crippen molar-refractivity contribution in [3.63, 3.8) is 0 Å². The molecule has 6 heteroatoms.